The molecule has 24 heavy (non-hydrogen) atoms. The first-order valence-corrected chi connectivity index (χ1v) is 10.0. The molecule has 0 aliphatic heterocycles. The van der Waals surface area contributed by atoms with Crippen LogP contribution in [0.4, 0.5) is 0 Å². The normalized spacial score (nSPS) is 13.0. The summed E-state index contributed by atoms with van der Waals surface area (Å²) in [6, 6.07) is 6.30. The van der Waals surface area contributed by atoms with Gasteiger partial charge in [0.15, 0.2) is 15.8 Å². The van der Waals surface area contributed by atoms with Crippen LogP contribution in [0.25, 0.3) is 0 Å². The van der Waals surface area contributed by atoms with Crippen LogP contribution in [0.15, 0.2) is 23.2 Å². The van der Waals surface area contributed by atoms with Crippen molar-refractivity contribution in [2.45, 2.75) is 52.8 Å². The number of sulfone groups is 1. The minimum absolute atomic E-state index is 0.0878. The van der Waals surface area contributed by atoms with Crippen LogP contribution in [0.1, 0.15) is 44.4 Å². The predicted molar refractivity (Wildman–Crippen MR) is 102 cm³/mol. The summed E-state index contributed by atoms with van der Waals surface area (Å²) in [5.41, 5.74) is 3.61. The quantitative estimate of drug-likeness (QED) is 0.609. The second-order valence-corrected chi connectivity index (χ2v) is 9.85. The van der Waals surface area contributed by atoms with E-state index in [1.807, 2.05) is 6.92 Å². The number of nitrogens with zero attached hydrogens (tertiary/aromatic N) is 1. The molecule has 0 heterocycles. The van der Waals surface area contributed by atoms with Crippen LogP contribution in [0.5, 0.6) is 0 Å². The fourth-order valence-electron chi connectivity index (χ4n) is 2.14. The Morgan fingerprint density at radius 1 is 1.17 bits per heavy atom. The van der Waals surface area contributed by atoms with E-state index in [4.69, 9.17) is 0 Å². The largest absolute Gasteiger partial charge is 0.357 e. The molecule has 1 aromatic carbocycles. The van der Waals surface area contributed by atoms with Crippen molar-refractivity contribution in [3.05, 3.63) is 34.9 Å². The Labute approximate surface area is 146 Å². The van der Waals surface area contributed by atoms with Crippen LogP contribution >= 0.6 is 0 Å². The van der Waals surface area contributed by atoms with Crippen LogP contribution in [0.3, 0.4) is 0 Å². The molecule has 1 rings (SSSR count). The second-order valence-electron chi connectivity index (χ2n) is 6.98. The fraction of sp³-hybridized carbons (Fsp3) is 0.611. The van der Waals surface area contributed by atoms with E-state index in [1.165, 1.54) is 16.7 Å². The highest BCUT2D eigenvalue weighted by molar-refractivity contribution is 7.92. The molecule has 0 aliphatic carbocycles. The summed E-state index contributed by atoms with van der Waals surface area (Å²) in [4.78, 5) is 4.56. The van der Waals surface area contributed by atoms with E-state index in [2.05, 4.69) is 47.7 Å². The lowest BCUT2D eigenvalue weighted by Gasteiger charge is -2.19. The lowest BCUT2D eigenvalue weighted by Crippen LogP contribution is -2.41. The number of nitrogens with one attached hydrogen (secondary N) is 2. The van der Waals surface area contributed by atoms with Gasteiger partial charge in [0.1, 0.15) is 0 Å². The Balaban J connectivity index is 2.70. The molecular weight excluding hydrogens is 322 g/mol. The third-order valence-corrected chi connectivity index (χ3v) is 6.45. The van der Waals surface area contributed by atoms with Gasteiger partial charge in [-0.25, -0.2) is 13.4 Å². The van der Waals surface area contributed by atoms with Gasteiger partial charge in [-0.05, 0) is 52.7 Å². The lowest BCUT2D eigenvalue weighted by atomic mass is 10.1. The van der Waals surface area contributed by atoms with Crippen LogP contribution < -0.4 is 10.6 Å². The van der Waals surface area contributed by atoms with Crippen LogP contribution in [-0.4, -0.2) is 38.0 Å². The van der Waals surface area contributed by atoms with Gasteiger partial charge in [0, 0.05) is 13.1 Å². The average Bonchev–Trinajstić information content (AvgIpc) is 2.44. The second kappa shape index (κ2) is 8.51. The maximum atomic E-state index is 12.1. The molecule has 0 spiro atoms. The summed E-state index contributed by atoms with van der Waals surface area (Å²) in [6.07, 6.45) is 0. The first-order valence-electron chi connectivity index (χ1n) is 8.37. The highest BCUT2D eigenvalue weighted by Crippen LogP contribution is 2.15. The maximum Gasteiger partial charge on any atom is 0.191 e. The molecule has 0 aliphatic rings. The maximum absolute atomic E-state index is 12.1. The molecule has 2 N–H and O–H groups in total. The number of aliphatic imine (C=N–C) groups is 1. The predicted octanol–water partition coefficient (Wildman–Crippen LogP) is 2.57. The van der Waals surface area contributed by atoms with Crippen molar-refractivity contribution in [2.24, 2.45) is 4.99 Å². The molecule has 136 valence electrons. The van der Waals surface area contributed by atoms with Gasteiger partial charge in [0.05, 0.1) is 17.0 Å². The lowest BCUT2D eigenvalue weighted by molar-refractivity contribution is 0.559. The highest BCUT2D eigenvalue weighted by atomic mass is 32.2. The van der Waals surface area contributed by atoms with Gasteiger partial charge in [0.2, 0.25) is 0 Å². The minimum Gasteiger partial charge on any atom is -0.357 e. The van der Waals surface area contributed by atoms with E-state index < -0.39 is 14.6 Å². The van der Waals surface area contributed by atoms with E-state index in [9.17, 15) is 8.42 Å². The summed E-state index contributed by atoms with van der Waals surface area (Å²) < 4.78 is 23.6. The van der Waals surface area contributed by atoms with Crippen molar-refractivity contribution in [3.63, 3.8) is 0 Å². The van der Waals surface area contributed by atoms with Gasteiger partial charge >= 0.3 is 0 Å². The molecule has 0 radical (unpaired) electrons. The van der Waals surface area contributed by atoms with Crippen LogP contribution in [0, 0.1) is 13.8 Å². The van der Waals surface area contributed by atoms with Crippen LogP contribution in [0.2, 0.25) is 0 Å². The SMILES string of the molecule is CCNC(=NCc1ccc(C)cc1C)NCCS(=O)(=O)C(C)(C)C. The molecule has 5 nitrogen and oxygen atoms in total. The van der Waals surface area contributed by atoms with E-state index in [1.54, 1.807) is 20.8 Å². The highest BCUT2D eigenvalue weighted by Gasteiger charge is 2.28. The van der Waals surface area contributed by atoms with Crippen LogP contribution in [-0.2, 0) is 16.4 Å². The molecule has 1 aromatic rings. The molecule has 0 fully saturated rings. The molecular formula is C18H31N3O2S. The molecule has 0 amide bonds. The zero-order chi connectivity index (χ0) is 18.4. The van der Waals surface area contributed by atoms with Crippen molar-refractivity contribution in [3.8, 4) is 0 Å². The van der Waals surface area contributed by atoms with Gasteiger partial charge in [0.25, 0.3) is 0 Å². The molecule has 0 saturated heterocycles. The van der Waals surface area contributed by atoms with Crippen molar-refractivity contribution in [1.82, 2.24) is 10.6 Å². The summed E-state index contributed by atoms with van der Waals surface area (Å²) in [5, 5.41) is 6.26. The van der Waals surface area contributed by atoms with Crippen molar-refractivity contribution in [1.29, 1.82) is 0 Å². The molecule has 0 unspecified atom stereocenters. The van der Waals surface area contributed by atoms with Gasteiger partial charge in [-0.2, -0.15) is 0 Å². The zero-order valence-electron chi connectivity index (χ0n) is 15.7. The summed E-state index contributed by atoms with van der Waals surface area (Å²) in [6.45, 7) is 12.9. The molecule has 0 bridgehead atoms. The van der Waals surface area contributed by atoms with Crippen molar-refractivity contribution >= 4 is 15.8 Å². The first kappa shape index (κ1) is 20.5. The number of benzene rings is 1. The summed E-state index contributed by atoms with van der Waals surface area (Å²) >= 11 is 0. The number of rotatable bonds is 6. The number of aryl methyl sites for hydroxylation is 2. The summed E-state index contributed by atoms with van der Waals surface area (Å²) in [7, 11) is -3.13. The van der Waals surface area contributed by atoms with Crippen molar-refractivity contribution in [2.75, 3.05) is 18.8 Å². The molecule has 0 aromatic heterocycles. The third-order valence-electron chi connectivity index (χ3n) is 3.85. The van der Waals surface area contributed by atoms with E-state index in [0.717, 1.165) is 6.54 Å². The Kier molecular flexibility index (Phi) is 7.27. The first-order chi connectivity index (χ1) is 11.1. The molecule has 0 saturated carbocycles. The van der Waals surface area contributed by atoms with E-state index in [0.29, 0.717) is 19.0 Å². The standard InChI is InChI=1S/C18H31N3O2S/c1-7-19-17(20-10-11-24(22,23)18(4,5)6)21-13-16-9-8-14(2)12-15(16)3/h8-9,12H,7,10-11,13H2,1-6H3,(H2,19,20,21). The summed E-state index contributed by atoms with van der Waals surface area (Å²) in [5.74, 6) is 0.728. The Bertz CT molecular complexity index is 674. The molecule has 0 atom stereocenters. The zero-order valence-corrected chi connectivity index (χ0v) is 16.5. The van der Waals surface area contributed by atoms with E-state index >= 15 is 0 Å². The van der Waals surface area contributed by atoms with Gasteiger partial charge in [-0.1, -0.05) is 23.8 Å². The molecule has 6 heteroatoms. The Morgan fingerprint density at radius 3 is 2.38 bits per heavy atom. The van der Waals surface area contributed by atoms with E-state index in [-0.39, 0.29) is 5.75 Å². The van der Waals surface area contributed by atoms with Gasteiger partial charge in [-0.15, -0.1) is 0 Å². The topological polar surface area (TPSA) is 70.6 Å². The van der Waals surface area contributed by atoms with Gasteiger partial charge < -0.3 is 10.6 Å². The van der Waals surface area contributed by atoms with Gasteiger partial charge in [-0.3, -0.25) is 0 Å². The fourth-order valence-corrected chi connectivity index (χ4v) is 3.12. The number of hydrogen-bond acceptors (Lipinski definition) is 3. The minimum atomic E-state index is -3.13. The number of guanidine groups is 1. The Hall–Kier alpha value is -1.56. The van der Waals surface area contributed by atoms with Crippen molar-refractivity contribution < 1.29 is 8.42 Å². The third kappa shape index (κ3) is 6.15. The average molecular weight is 354 g/mol. The number of hydrogen-bond donors (Lipinski definition) is 2. The Morgan fingerprint density at radius 2 is 1.83 bits per heavy atom. The smallest absolute Gasteiger partial charge is 0.191 e. The monoisotopic (exact) mass is 353 g/mol.